The van der Waals surface area contributed by atoms with Gasteiger partial charge in [-0.05, 0) is 54.8 Å². The monoisotopic (exact) mass is 287 g/mol. The van der Waals surface area contributed by atoms with Crippen molar-refractivity contribution in [3.63, 3.8) is 0 Å². The van der Waals surface area contributed by atoms with Gasteiger partial charge in [0.2, 0.25) is 0 Å². The van der Waals surface area contributed by atoms with Gasteiger partial charge >= 0.3 is 0 Å². The number of rotatable bonds is 5. The first-order valence-electron chi connectivity index (χ1n) is 8.81. The van der Waals surface area contributed by atoms with Crippen molar-refractivity contribution in [2.75, 3.05) is 19.6 Å². The van der Waals surface area contributed by atoms with Crippen LogP contribution in [-0.4, -0.2) is 24.5 Å². The summed E-state index contributed by atoms with van der Waals surface area (Å²) < 4.78 is 0. The fraction of sp³-hybridized carbons (Fsp3) is 0.700. The third-order valence-corrected chi connectivity index (χ3v) is 4.89. The molecule has 0 spiro atoms. The highest BCUT2D eigenvalue weighted by Crippen LogP contribution is 2.23. The maximum absolute atomic E-state index is 2.68. The van der Waals surface area contributed by atoms with Gasteiger partial charge in [-0.2, -0.15) is 0 Å². The highest BCUT2D eigenvalue weighted by molar-refractivity contribution is 5.27. The third-order valence-electron chi connectivity index (χ3n) is 4.89. The van der Waals surface area contributed by atoms with Gasteiger partial charge in [0, 0.05) is 6.54 Å². The molecule has 1 heteroatoms. The zero-order valence-corrected chi connectivity index (χ0v) is 14.5. The van der Waals surface area contributed by atoms with E-state index in [-0.39, 0.29) is 5.41 Å². The van der Waals surface area contributed by atoms with E-state index in [1.165, 1.54) is 62.9 Å². The topological polar surface area (TPSA) is 3.24 Å². The Hall–Kier alpha value is -0.820. The zero-order chi connectivity index (χ0) is 15.3. The zero-order valence-electron chi connectivity index (χ0n) is 14.5. The van der Waals surface area contributed by atoms with E-state index < -0.39 is 0 Å². The van der Waals surface area contributed by atoms with E-state index in [4.69, 9.17) is 0 Å². The Kier molecular flexibility index (Phi) is 5.87. The van der Waals surface area contributed by atoms with Gasteiger partial charge in [-0.1, -0.05) is 64.8 Å². The summed E-state index contributed by atoms with van der Waals surface area (Å²) in [6, 6.07) is 9.34. The molecular weight excluding hydrogens is 254 g/mol. The van der Waals surface area contributed by atoms with Crippen LogP contribution in [-0.2, 0) is 11.8 Å². The minimum Gasteiger partial charge on any atom is -0.303 e. The molecule has 0 saturated carbocycles. The minimum absolute atomic E-state index is 0.260. The maximum Gasteiger partial charge on any atom is 0.00127 e. The van der Waals surface area contributed by atoms with Crippen molar-refractivity contribution in [2.24, 2.45) is 5.92 Å². The molecule has 0 N–H and O–H groups in total. The van der Waals surface area contributed by atoms with Crippen LogP contribution in [0.3, 0.4) is 0 Å². The van der Waals surface area contributed by atoms with Gasteiger partial charge in [0.1, 0.15) is 0 Å². The van der Waals surface area contributed by atoms with E-state index in [1.54, 1.807) is 0 Å². The van der Waals surface area contributed by atoms with Crippen LogP contribution < -0.4 is 0 Å². The summed E-state index contributed by atoms with van der Waals surface area (Å²) in [4.78, 5) is 2.68. The third kappa shape index (κ3) is 5.14. The van der Waals surface area contributed by atoms with Crippen LogP contribution in [0.4, 0.5) is 0 Å². The minimum atomic E-state index is 0.260. The van der Waals surface area contributed by atoms with E-state index >= 15 is 0 Å². The van der Waals surface area contributed by atoms with Crippen molar-refractivity contribution in [3.05, 3.63) is 35.4 Å². The highest BCUT2D eigenvalue weighted by atomic mass is 15.1. The number of benzene rings is 1. The van der Waals surface area contributed by atoms with Crippen LogP contribution in [0.15, 0.2) is 24.3 Å². The van der Waals surface area contributed by atoms with Crippen LogP contribution in [0, 0.1) is 5.92 Å². The molecule has 1 aromatic rings. The Morgan fingerprint density at radius 2 is 1.62 bits per heavy atom. The molecule has 0 aliphatic carbocycles. The molecule has 118 valence electrons. The summed E-state index contributed by atoms with van der Waals surface area (Å²) in [5.41, 5.74) is 3.21. The summed E-state index contributed by atoms with van der Waals surface area (Å²) in [7, 11) is 0. The van der Waals surface area contributed by atoms with Crippen LogP contribution in [0.2, 0.25) is 0 Å². The van der Waals surface area contributed by atoms with E-state index in [9.17, 15) is 0 Å². The highest BCUT2D eigenvalue weighted by Gasteiger charge is 2.17. The van der Waals surface area contributed by atoms with Gasteiger partial charge in [-0.3, -0.25) is 0 Å². The first kappa shape index (κ1) is 16.5. The second-order valence-corrected chi connectivity index (χ2v) is 7.79. The van der Waals surface area contributed by atoms with Crippen molar-refractivity contribution in [2.45, 2.75) is 65.2 Å². The Morgan fingerprint density at radius 3 is 2.14 bits per heavy atom. The number of likely N-dealkylation sites (tertiary alicyclic amines) is 1. The van der Waals surface area contributed by atoms with Gasteiger partial charge in [0.15, 0.2) is 0 Å². The molecule has 1 nitrogen and oxygen atoms in total. The lowest BCUT2D eigenvalue weighted by Crippen LogP contribution is -2.34. The molecule has 1 aromatic carbocycles. The van der Waals surface area contributed by atoms with Crippen molar-refractivity contribution >= 4 is 0 Å². The molecule has 21 heavy (non-hydrogen) atoms. The van der Waals surface area contributed by atoms with Crippen LogP contribution in [0.25, 0.3) is 0 Å². The molecule has 0 amide bonds. The average molecular weight is 287 g/mol. The van der Waals surface area contributed by atoms with Gasteiger partial charge in [-0.15, -0.1) is 0 Å². The Bertz CT molecular complexity index is 406. The SMILES string of the molecule is CCC(Cc1ccc(C(C)(C)C)cc1)CN1CCCCC1. The van der Waals surface area contributed by atoms with Crippen molar-refractivity contribution in [3.8, 4) is 0 Å². The quantitative estimate of drug-likeness (QED) is 0.733. The first-order valence-corrected chi connectivity index (χ1v) is 8.81. The fourth-order valence-corrected chi connectivity index (χ4v) is 3.32. The predicted molar refractivity (Wildman–Crippen MR) is 92.9 cm³/mol. The molecule has 1 aliphatic heterocycles. The smallest absolute Gasteiger partial charge is 0.00127 e. The van der Waals surface area contributed by atoms with Gasteiger partial charge in [0.05, 0.1) is 0 Å². The summed E-state index contributed by atoms with van der Waals surface area (Å²) in [6.45, 7) is 13.1. The van der Waals surface area contributed by atoms with Crippen LogP contribution in [0.5, 0.6) is 0 Å². The molecule has 0 radical (unpaired) electrons. The molecule has 1 heterocycles. The molecule has 1 fully saturated rings. The largest absolute Gasteiger partial charge is 0.303 e. The van der Waals surface area contributed by atoms with Crippen molar-refractivity contribution in [1.82, 2.24) is 4.90 Å². The standard InChI is InChI=1S/C20H33N/c1-5-17(16-21-13-7-6-8-14-21)15-18-9-11-19(12-10-18)20(2,3)4/h9-12,17H,5-8,13-16H2,1-4H3. The lowest BCUT2D eigenvalue weighted by atomic mass is 9.86. The summed E-state index contributed by atoms with van der Waals surface area (Å²) in [6.07, 6.45) is 6.75. The Balaban J connectivity index is 1.91. The first-order chi connectivity index (χ1) is 9.99. The van der Waals surface area contributed by atoms with Crippen molar-refractivity contribution in [1.29, 1.82) is 0 Å². The summed E-state index contributed by atoms with van der Waals surface area (Å²) >= 11 is 0. The number of piperidine rings is 1. The number of hydrogen-bond donors (Lipinski definition) is 0. The van der Waals surface area contributed by atoms with E-state index in [0.717, 1.165) is 5.92 Å². The van der Waals surface area contributed by atoms with Crippen LogP contribution in [0.1, 0.15) is 64.5 Å². The Labute approximate surface area is 131 Å². The van der Waals surface area contributed by atoms with Crippen molar-refractivity contribution < 1.29 is 0 Å². The fourth-order valence-electron chi connectivity index (χ4n) is 3.32. The molecule has 0 bridgehead atoms. The summed E-state index contributed by atoms with van der Waals surface area (Å²) in [5.74, 6) is 0.809. The molecular formula is C20H33N. The molecule has 2 rings (SSSR count). The number of hydrogen-bond acceptors (Lipinski definition) is 1. The Morgan fingerprint density at radius 1 is 1.00 bits per heavy atom. The normalized spacial score (nSPS) is 18.7. The lowest BCUT2D eigenvalue weighted by molar-refractivity contribution is 0.192. The van der Waals surface area contributed by atoms with Gasteiger partial charge in [0.25, 0.3) is 0 Å². The van der Waals surface area contributed by atoms with Gasteiger partial charge in [-0.25, -0.2) is 0 Å². The van der Waals surface area contributed by atoms with E-state index in [1.807, 2.05) is 0 Å². The molecule has 1 unspecified atom stereocenters. The molecule has 1 aliphatic rings. The predicted octanol–water partition coefficient (Wildman–Crippen LogP) is 5.04. The van der Waals surface area contributed by atoms with Crippen LogP contribution >= 0.6 is 0 Å². The van der Waals surface area contributed by atoms with Gasteiger partial charge < -0.3 is 4.90 Å². The second-order valence-electron chi connectivity index (χ2n) is 7.79. The summed E-state index contributed by atoms with van der Waals surface area (Å²) in [5, 5.41) is 0. The average Bonchev–Trinajstić information content (AvgIpc) is 2.47. The number of nitrogens with zero attached hydrogens (tertiary/aromatic N) is 1. The van der Waals surface area contributed by atoms with E-state index in [0.29, 0.717) is 0 Å². The second kappa shape index (κ2) is 7.45. The molecule has 1 atom stereocenters. The molecule has 1 saturated heterocycles. The maximum atomic E-state index is 2.68. The van der Waals surface area contributed by atoms with E-state index in [2.05, 4.69) is 56.9 Å². The lowest BCUT2D eigenvalue weighted by Gasteiger charge is -2.30. The molecule has 0 aromatic heterocycles.